The molecule has 0 aliphatic rings. The highest BCUT2D eigenvalue weighted by molar-refractivity contribution is 5.96. The van der Waals surface area contributed by atoms with Crippen LogP contribution in [0, 0.1) is 0 Å². The van der Waals surface area contributed by atoms with E-state index in [2.05, 4.69) is 18.6 Å². The Balaban J connectivity index is 4.48. The average molecular weight is 192 g/mol. The fourth-order valence-corrected chi connectivity index (χ4v) is 0.673. The van der Waals surface area contributed by atoms with Gasteiger partial charge < -0.3 is 0 Å². The summed E-state index contributed by atoms with van der Waals surface area (Å²) in [5.41, 5.74) is 4.59. The lowest BCUT2D eigenvalue weighted by molar-refractivity contribution is -0.121. The van der Waals surface area contributed by atoms with Crippen molar-refractivity contribution in [2.24, 2.45) is 0 Å². The summed E-state index contributed by atoms with van der Waals surface area (Å²) in [4.78, 5) is 21.2. The Bertz CT molecular complexity index is 290. The topological polar surface area (TPSA) is 58.2 Å². The first-order chi connectivity index (χ1) is 6.76. The molecule has 2 amide bonds. The monoisotopic (exact) mass is 192 g/mol. The number of allylic oxidation sites excluding steroid dienone is 4. The van der Waals surface area contributed by atoms with Gasteiger partial charge >= 0.3 is 0 Å². The highest BCUT2D eigenvalue weighted by Crippen LogP contribution is 1.97. The van der Waals surface area contributed by atoms with Gasteiger partial charge in [0.25, 0.3) is 5.91 Å². The molecule has 0 saturated carbocycles. The summed E-state index contributed by atoms with van der Waals surface area (Å²) in [6.45, 7) is 6.94. The normalized spacial score (nSPS) is 10.7. The highest BCUT2D eigenvalue weighted by atomic mass is 16.2. The zero-order chi connectivity index (χ0) is 10.8. The maximum atomic E-state index is 11.3. The van der Waals surface area contributed by atoms with Crippen LogP contribution in [0.4, 0.5) is 0 Å². The minimum atomic E-state index is -0.421. The van der Waals surface area contributed by atoms with Crippen LogP contribution in [-0.2, 0) is 9.59 Å². The van der Waals surface area contributed by atoms with Crippen molar-refractivity contribution in [3.8, 4) is 0 Å². The number of carbonyl (C=O) groups is 2. The van der Waals surface area contributed by atoms with Gasteiger partial charge in [0.2, 0.25) is 6.41 Å². The number of rotatable bonds is 6. The predicted octanol–water partition coefficient (Wildman–Crippen LogP) is 0.618. The molecule has 0 bridgehead atoms. The van der Waals surface area contributed by atoms with Crippen molar-refractivity contribution in [2.45, 2.75) is 0 Å². The molecule has 0 rings (SSSR count). The number of carbonyl (C=O) groups excluding carboxylic acids is 2. The molecule has 0 unspecified atom stereocenters. The van der Waals surface area contributed by atoms with Crippen LogP contribution in [0.5, 0.6) is 0 Å². The summed E-state index contributed by atoms with van der Waals surface area (Å²) in [5, 5.41) is 0. The second-order valence-corrected chi connectivity index (χ2v) is 2.17. The summed E-state index contributed by atoms with van der Waals surface area (Å²) in [5.74, 6) is -0.421. The molecule has 0 aromatic rings. The van der Waals surface area contributed by atoms with E-state index in [-0.39, 0.29) is 0 Å². The molecule has 0 saturated heterocycles. The molecule has 14 heavy (non-hydrogen) atoms. The zero-order valence-corrected chi connectivity index (χ0v) is 7.69. The molecule has 0 radical (unpaired) electrons. The summed E-state index contributed by atoms with van der Waals surface area (Å²) in [7, 11) is 0. The molecule has 0 spiro atoms. The Hall–Kier alpha value is -2.10. The van der Waals surface area contributed by atoms with Gasteiger partial charge in [-0.15, -0.1) is 0 Å². The second-order valence-electron chi connectivity index (χ2n) is 2.17. The van der Waals surface area contributed by atoms with E-state index in [0.717, 1.165) is 0 Å². The largest absolute Gasteiger partial charge is 0.277 e. The van der Waals surface area contributed by atoms with Crippen LogP contribution in [0.15, 0.2) is 49.1 Å². The minimum absolute atomic E-state index is 0.370. The fraction of sp³-hybridized carbons (Fsp3) is 0. The van der Waals surface area contributed by atoms with Crippen molar-refractivity contribution in [2.75, 3.05) is 0 Å². The molecule has 74 valence electrons. The summed E-state index contributed by atoms with van der Waals surface area (Å²) < 4.78 is 0. The van der Waals surface area contributed by atoms with Gasteiger partial charge in [0.1, 0.15) is 0 Å². The average Bonchev–Trinajstić information content (AvgIpc) is 2.20. The summed E-state index contributed by atoms with van der Waals surface area (Å²) >= 11 is 0. The highest BCUT2D eigenvalue weighted by Gasteiger charge is 2.02. The molecule has 0 heterocycles. The maximum Gasteiger partial charge on any atom is 0.269 e. The standard InChI is InChI=1S/C10H12N2O2/c1-3-5-7-9(6-4-2)10(14)12-11-8-13/h3-8H,1-2H2,(H,11,13)(H,12,14)/b7-5-,9-6+. The lowest BCUT2D eigenvalue weighted by Gasteiger charge is -2.01. The summed E-state index contributed by atoms with van der Waals surface area (Å²) in [6.07, 6.45) is 8.06. The lowest BCUT2D eigenvalue weighted by Crippen LogP contribution is -2.36. The van der Waals surface area contributed by atoms with Crippen molar-refractivity contribution >= 4 is 12.3 Å². The third-order valence-corrected chi connectivity index (χ3v) is 1.22. The smallest absolute Gasteiger partial charge is 0.269 e. The van der Waals surface area contributed by atoms with Gasteiger partial charge in [0.15, 0.2) is 0 Å². The van der Waals surface area contributed by atoms with E-state index in [1.165, 1.54) is 18.2 Å². The molecule has 2 N–H and O–H groups in total. The molecule has 4 nitrogen and oxygen atoms in total. The molecule has 4 heteroatoms. The Morgan fingerprint density at radius 3 is 2.43 bits per heavy atom. The minimum Gasteiger partial charge on any atom is -0.277 e. The van der Waals surface area contributed by atoms with Crippen molar-refractivity contribution in [1.82, 2.24) is 10.9 Å². The Morgan fingerprint density at radius 2 is 1.93 bits per heavy atom. The number of hydrogen-bond acceptors (Lipinski definition) is 2. The lowest BCUT2D eigenvalue weighted by atomic mass is 10.2. The van der Waals surface area contributed by atoms with Crippen LogP contribution in [-0.4, -0.2) is 12.3 Å². The first-order valence-electron chi connectivity index (χ1n) is 3.87. The molecule has 0 aliphatic heterocycles. The van der Waals surface area contributed by atoms with E-state index < -0.39 is 5.91 Å². The van der Waals surface area contributed by atoms with Crippen molar-refractivity contribution in [1.29, 1.82) is 0 Å². The number of amides is 2. The van der Waals surface area contributed by atoms with E-state index in [1.807, 2.05) is 5.43 Å². The van der Waals surface area contributed by atoms with Crippen LogP contribution in [0.25, 0.3) is 0 Å². The molecule has 0 fully saturated rings. The molecule has 0 aromatic carbocycles. The van der Waals surface area contributed by atoms with Gasteiger partial charge in [-0.05, 0) is 12.2 Å². The Labute approximate surface area is 82.7 Å². The van der Waals surface area contributed by atoms with Crippen molar-refractivity contribution in [3.05, 3.63) is 49.1 Å². The first kappa shape index (κ1) is 11.9. The Morgan fingerprint density at radius 1 is 1.21 bits per heavy atom. The number of nitrogens with one attached hydrogen (secondary N) is 2. The summed E-state index contributed by atoms with van der Waals surface area (Å²) in [6, 6.07) is 0. The van der Waals surface area contributed by atoms with Gasteiger partial charge in [-0.1, -0.05) is 31.4 Å². The molecule has 0 aliphatic carbocycles. The van der Waals surface area contributed by atoms with Gasteiger partial charge in [0, 0.05) is 5.57 Å². The SMILES string of the molecule is C=C/C=C\C(=C/C=C)C(=O)NNC=O. The van der Waals surface area contributed by atoms with Gasteiger partial charge in [-0.3, -0.25) is 20.4 Å². The third-order valence-electron chi connectivity index (χ3n) is 1.22. The van der Waals surface area contributed by atoms with Crippen molar-refractivity contribution in [3.63, 3.8) is 0 Å². The zero-order valence-electron chi connectivity index (χ0n) is 7.69. The Kier molecular flexibility index (Phi) is 6.41. The van der Waals surface area contributed by atoms with Crippen LogP contribution >= 0.6 is 0 Å². The van der Waals surface area contributed by atoms with Crippen LogP contribution in [0.1, 0.15) is 0 Å². The van der Waals surface area contributed by atoms with Crippen LogP contribution in [0.2, 0.25) is 0 Å². The molecule has 0 aromatic heterocycles. The van der Waals surface area contributed by atoms with E-state index in [1.54, 1.807) is 12.2 Å². The number of hydrogen-bond donors (Lipinski definition) is 2. The van der Waals surface area contributed by atoms with E-state index in [4.69, 9.17) is 0 Å². The first-order valence-corrected chi connectivity index (χ1v) is 3.87. The third kappa shape index (κ3) is 4.71. The second kappa shape index (κ2) is 7.54. The molecule has 0 atom stereocenters. The van der Waals surface area contributed by atoms with Crippen LogP contribution in [0.3, 0.4) is 0 Å². The van der Waals surface area contributed by atoms with E-state index in [9.17, 15) is 9.59 Å². The molecular formula is C10H12N2O2. The maximum absolute atomic E-state index is 11.3. The quantitative estimate of drug-likeness (QED) is 0.280. The van der Waals surface area contributed by atoms with E-state index >= 15 is 0 Å². The van der Waals surface area contributed by atoms with Gasteiger partial charge in [-0.25, -0.2) is 0 Å². The van der Waals surface area contributed by atoms with Gasteiger partial charge in [-0.2, -0.15) is 0 Å². The molecular weight excluding hydrogens is 180 g/mol. The van der Waals surface area contributed by atoms with Crippen LogP contribution < -0.4 is 10.9 Å². The van der Waals surface area contributed by atoms with Crippen molar-refractivity contribution < 1.29 is 9.59 Å². The van der Waals surface area contributed by atoms with E-state index in [0.29, 0.717) is 12.0 Å². The van der Waals surface area contributed by atoms with Gasteiger partial charge in [0.05, 0.1) is 0 Å². The number of hydrazine groups is 1. The fourth-order valence-electron chi connectivity index (χ4n) is 0.673. The predicted molar refractivity (Wildman–Crippen MR) is 55.0 cm³/mol.